The van der Waals surface area contributed by atoms with E-state index in [9.17, 15) is 13.2 Å². The standard InChI is InChI=1S/C19H16Cl2N2O3S2/c1-23(12-13-2-6-15(20)7-3-13)19(24)14-4-8-16(9-5-14)22-28(25,26)18-11-10-17(21)27-18/h2-11,22H,12H2,1H3. The summed E-state index contributed by atoms with van der Waals surface area (Å²) < 4.78 is 27.6. The highest BCUT2D eigenvalue weighted by Gasteiger charge is 2.17. The quantitative estimate of drug-likeness (QED) is 0.561. The summed E-state index contributed by atoms with van der Waals surface area (Å²) in [6.07, 6.45) is 0. The van der Waals surface area contributed by atoms with Gasteiger partial charge in [0.1, 0.15) is 4.21 Å². The number of hydrogen-bond acceptors (Lipinski definition) is 4. The summed E-state index contributed by atoms with van der Waals surface area (Å²) in [7, 11) is -2.01. The molecule has 9 heteroatoms. The van der Waals surface area contributed by atoms with Crippen molar-refractivity contribution in [1.29, 1.82) is 0 Å². The van der Waals surface area contributed by atoms with Crippen LogP contribution in [-0.2, 0) is 16.6 Å². The van der Waals surface area contributed by atoms with Crippen molar-refractivity contribution in [3.63, 3.8) is 0 Å². The van der Waals surface area contributed by atoms with E-state index < -0.39 is 10.0 Å². The molecule has 3 rings (SSSR count). The van der Waals surface area contributed by atoms with Crippen LogP contribution in [0, 0.1) is 0 Å². The predicted molar refractivity (Wildman–Crippen MR) is 114 cm³/mol. The number of benzene rings is 2. The van der Waals surface area contributed by atoms with E-state index in [4.69, 9.17) is 23.2 Å². The van der Waals surface area contributed by atoms with Gasteiger partial charge in [0.2, 0.25) is 0 Å². The van der Waals surface area contributed by atoms with Crippen LogP contribution in [0.25, 0.3) is 0 Å². The lowest BCUT2D eigenvalue weighted by molar-refractivity contribution is 0.0785. The number of hydrogen-bond donors (Lipinski definition) is 1. The highest BCUT2D eigenvalue weighted by Crippen LogP contribution is 2.27. The van der Waals surface area contributed by atoms with Crippen molar-refractivity contribution in [2.75, 3.05) is 11.8 Å². The molecule has 0 atom stereocenters. The van der Waals surface area contributed by atoms with Crippen LogP contribution in [0.15, 0.2) is 64.9 Å². The van der Waals surface area contributed by atoms with Crippen molar-refractivity contribution >= 4 is 56.2 Å². The number of nitrogens with zero attached hydrogens (tertiary/aromatic N) is 1. The molecule has 0 saturated carbocycles. The Hall–Kier alpha value is -2.06. The third-order valence-electron chi connectivity index (χ3n) is 3.88. The first-order valence-corrected chi connectivity index (χ1v) is 11.2. The summed E-state index contributed by atoms with van der Waals surface area (Å²) in [6.45, 7) is 0.434. The van der Waals surface area contributed by atoms with E-state index in [2.05, 4.69) is 4.72 Å². The molecule has 1 heterocycles. The first-order chi connectivity index (χ1) is 13.2. The van der Waals surface area contributed by atoms with E-state index in [0.29, 0.717) is 27.2 Å². The van der Waals surface area contributed by atoms with Gasteiger partial charge >= 0.3 is 0 Å². The lowest BCUT2D eigenvalue weighted by Crippen LogP contribution is -2.26. The van der Waals surface area contributed by atoms with Crippen molar-refractivity contribution in [1.82, 2.24) is 4.90 Å². The number of anilines is 1. The van der Waals surface area contributed by atoms with Gasteiger partial charge in [0, 0.05) is 29.9 Å². The fraction of sp³-hybridized carbons (Fsp3) is 0.105. The van der Waals surface area contributed by atoms with Crippen LogP contribution >= 0.6 is 34.5 Å². The number of halogens is 2. The molecule has 0 spiro atoms. The molecular formula is C19H16Cl2N2O3S2. The smallest absolute Gasteiger partial charge is 0.271 e. The Morgan fingerprint density at radius 2 is 1.64 bits per heavy atom. The second-order valence-electron chi connectivity index (χ2n) is 6.03. The molecule has 0 bridgehead atoms. The van der Waals surface area contributed by atoms with E-state index in [1.54, 1.807) is 48.3 Å². The number of carbonyl (C=O) groups is 1. The molecule has 0 radical (unpaired) electrons. The second-order valence-corrected chi connectivity index (χ2v) is 10.1. The molecule has 0 aliphatic carbocycles. The SMILES string of the molecule is CN(Cc1ccc(Cl)cc1)C(=O)c1ccc(NS(=O)(=O)c2ccc(Cl)s2)cc1. The number of thiophene rings is 1. The molecule has 5 nitrogen and oxygen atoms in total. The van der Waals surface area contributed by atoms with Gasteiger partial charge < -0.3 is 4.90 Å². The monoisotopic (exact) mass is 454 g/mol. The fourth-order valence-electron chi connectivity index (χ4n) is 2.48. The molecule has 3 aromatic rings. The highest BCUT2D eigenvalue weighted by molar-refractivity contribution is 7.94. The van der Waals surface area contributed by atoms with Gasteiger partial charge in [-0.3, -0.25) is 9.52 Å². The number of amides is 1. The summed E-state index contributed by atoms with van der Waals surface area (Å²) in [4.78, 5) is 14.2. The van der Waals surface area contributed by atoms with Crippen LogP contribution < -0.4 is 4.72 Å². The Bertz CT molecular complexity index is 1080. The van der Waals surface area contributed by atoms with Gasteiger partial charge in [-0.05, 0) is 54.1 Å². The van der Waals surface area contributed by atoms with Gasteiger partial charge in [-0.15, -0.1) is 11.3 Å². The minimum Gasteiger partial charge on any atom is -0.337 e. The normalized spacial score (nSPS) is 11.2. The second kappa shape index (κ2) is 8.53. The number of sulfonamides is 1. The number of nitrogens with one attached hydrogen (secondary N) is 1. The molecule has 0 saturated heterocycles. The topological polar surface area (TPSA) is 66.5 Å². The van der Waals surface area contributed by atoms with Crippen molar-refractivity contribution in [3.8, 4) is 0 Å². The first kappa shape index (κ1) is 20.7. The van der Waals surface area contributed by atoms with Gasteiger partial charge in [0.05, 0.1) is 4.34 Å². The molecule has 1 aromatic heterocycles. The molecule has 2 aromatic carbocycles. The fourth-order valence-corrected chi connectivity index (χ4v) is 5.15. The molecule has 0 aliphatic rings. The van der Waals surface area contributed by atoms with E-state index in [1.165, 1.54) is 12.1 Å². The lowest BCUT2D eigenvalue weighted by atomic mass is 10.1. The summed E-state index contributed by atoms with van der Waals surface area (Å²) in [5.74, 6) is -0.172. The zero-order valence-corrected chi connectivity index (χ0v) is 17.9. The Morgan fingerprint density at radius 3 is 2.21 bits per heavy atom. The Kier molecular flexibility index (Phi) is 6.30. The minimum atomic E-state index is -3.71. The van der Waals surface area contributed by atoms with Crippen molar-refractivity contribution in [3.05, 3.63) is 81.1 Å². The van der Waals surface area contributed by atoms with Crippen molar-refractivity contribution in [2.24, 2.45) is 0 Å². The van der Waals surface area contributed by atoms with Crippen LogP contribution in [0.1, 0.15) is 15.9 Å². The largest absolute Gasteiger partial charge is 0.337 e. The minimum absolute atomic E-state index is 0.125. The molecule has 1 N–H and O–H groups in total. The van der Waals surface area contributed by atoms with E-state index in [1.807, 2.05) is 12.1 Å². The number of rotatable bonds is 6. The molecule has 0 aliphatic heterocycles. The Balaban J connectivity index is 1.67. The van der Waals surface area contributed by atoms with Gasteiger partial charge in [-0.1, -0.05) is 35.3 Å². The highest BCUT2D eigenvalue weighted by atomic mass is 35.5. The average molecular weight is 455 g/mol. The molecule has 146 valence electrons. The van der Waals surface area contributed by atoms with Crippen molar-refractivity contribution < 1.29 is 13.2 Å². The summed E-state index contributed by atoms with van der Waals surface area (Å²) in [5, 5.41) is 0.639. The maximum absolute atomic E-state index is 12.6. The van der Waals surface area contributed by atoms with E-state index in [-0.39, 0.29) is 10.1 Å². The average Bonchev–Trinajstić information content (AvgIpc) is 3.11. The molecule has 28 heavy (non-hydrogen) atoms. The van der Waals surface area contributed by atoms with Crippen LogP contribution in [0.2, 0.25) is 9.36 Å². The molecular weight excluding hydrogens is 439 g/mol. The van der Waals surface area contributed by atoms with Gasteiger partial charge in [0.25, 0.3) is 15.9 Å². The van der Waals surface area contributed by atoms with E-state index >= 15 is 0 Å². The van der Waals surface area contributed by atoms with Gasteiger partial charge in [-0.2, -0.15) is 0 Å². The molecule has 1 amide bonds. The third kappa shape index (κ3) is 5.05. The molecule has 0 fully saturated rings. The zero-order valence-electron chi connectivity index (χ0n) is 14.7. The first-order valence-electron chi connectivity index (χ1n) is 8.13. The van der Waals surface area contributed by atoms with Crippen LogP contribution in [0.5, 0.6) is 0 Å². The lowest BCUT2D eigenvalue weighted by Gasteiger charge is -2.17. The van der Waals surface area contributed by atoms with Gasteiger partial charge in [-0.25, -0.2) is 8.42 Å². The van der Waals surface area contributed by atoms with Crippen LogP contribution in [-0.4, -0.2) is 26.3 Å². The van der Waals surface area contributed by atoms with Crippen LogP contribution in [0.4, 0.5) is 5.69 Å². The Labute approximate surface area is 177 Å². The summed E-state index contributed by atoms with van der Waals surface area (Å²) >= 11 is 12.6. The third-order valence-corrected chi connectivity index (χ3v) is 7.23. The number of carbonyl (C=O) groups excluding carboxylic acids is 1. The van der Waals surface area contributed by atoms with Gasteiger partial charge in [0.15, 0.2) is 0 Å². The predicted octanol–water partition coefficient (Wildman–Crippen LogP) is 5.13. The van der Waals surface area contributed by atoms with E-state index in [0.717, 1.165) is 16.9 Å². The maximum atomic E-state index is 12.6. The summed E-state index contributed by atoms with van der Waals surface area (Å²) in [6, 6.07) is 16.5. The Morgan fingerprint density at radius 1 is 1.00 bits per heavy atom. The van der Waals surface area contributed by atoms with Crippen LogP contribution in [0.3, 0.4) is 0 Å². The van der Waals surface area contributed by atoms with Crippen molar-refractivity contribution in [2.45, 2.75) is 10.8 Å². The maximum Gasteiger partial charge on any atom is 0.271 e. The summed E-state index contributed by atoms with van der Waals surface area (Å²) in [5.41, 5.74) is 1.78. The molecule has 0 unspecified atom stereocenters. The zero-order chi connectivity index (χ0) is 20.3.